The Hall–Kier alpha value is -1.80. The zero-order valence-corrected chi connectivity index (χ0v) is 11.7. The minimum absolute atomic E-state index is 0.152. The van der Waals surface area contributed by atoms with Gasteiger partial charge in [-0.05, 0) is 48.4 Å². The van der Waals surface area contributed by atoms with Crippen molar-refractivity contribution in [2.24, 2.45) is 11.7 Å². The molecule has 0 saturated carbocycles. The molecule has 0 amide bonds. The van der Waals surface area contributed by atoms with Crippen molar-refractivity contribution in [3.63, 3.8) is 0 Å². The van der Waals surface area contributed by atoms with Gasteiger partial charge in [0.05, 0.1) is 6.61 Å². The minimum Gasteiger partial charge on any atom is -0.494 e. The van der Waals surface area contributed by atoms with Crippen LogP contribution in [0, 0.1) is 5.92 Å². The van der Waals surface area contributed by atoms with Crippen molar-refractivity contribution in [3.05, 3.63) is 65.7 Å². The number of benzene rings is 2. The van der Waals surface area contributed by atoms with Crippen molar-refractivity contribution in [1.29, 1.82) is 0 Å². The molecule has 0 heterocycles. The predicted octanol–water partition coefficient (Wildman–Crippen LogP) is 3.72. The van der Waals surface area contributed by atoms with E-state index < -0.39 is 0 Å². The third-order valence-electron chi connectivity index (χ3n) is 4.21. The van der Waals surface area contributed by atoms with Crippen molar-refractivity contribution in [1.82, 2.24) is 0 Å². The Labute approximate surface area is 120 Å². The highest BCUT2D eigenvalue weighted by molar-refractivity contribution is 5.32. The Kier molecular flexibility index (Phi) is 4.03. The number of hydrogen-bond donors (Lipinski definition) is 1. The predicted molar refractivity (Wildman–Crippen MR) is 81.7 cm³/mol. The Balaban J connectivity index is 1.57. The smallest absolute Gasteiger partial charge is 0.119 e. The molecule has 3 rings (SSSR count). The van der Waals surface area contributed by atoms with E-state index in [-0.39, 0.29) is 6.04 Å². The van der Waals surface area contributed by atoms with Gasteiger partial charge < -0.3 is 10.5 Å². The van der Waals surface area contributed by atoms with Crippen LogP contribution < -0.4 is 10.5 Å². The highest BCUT2D eigenvalue weighted by Gasteiger charge is 2.25. The van der Waals surface area contributed by atoms with Crippen LogP contribution in [0.25, 0.3) is 0 Å². The second-order valence-electron chi connectivity index (χ2n) is 5.47. The van der Waals surface area contributed by atoms with E-state index in [1.807, 2.05) is 30.3 Å². The van der Waals surface area contributed by atoms with Gasteiger partial charge in [-0.3, -0.25) is 0 Å². The summed E-state index contributed by atoms with van der Waals surface area (Å²) in [7, 11) is 0. The van der Waals surface area contributed by atoms with E-state index in [1.54, 1.807) is 0 Å². The topological polar surface area (TPSA) is 35.2 Å². The molecule has 2 atom stereocenters. The lowest BCUT2D eigenvalue weighted by molar-refractivity contribution is 0.248. The molecular weight excluding hydrogens is 246 g/mol. The monoisotopic (exact) mass is 267 g/mol. The zero-order chi connectivity index (χ0) is 13.8. The number of hydrogen-bond acceptors (Lipinski definition) is 2. The quantitative estimate of drug-likeness (QED) is 0.916. The maximum Gasteiger partial charge on any atom is 0.119 e. The second-order valence-corrected chi connectivity index (χ2v) is 5.47. The molecule has 104 valence electrons. The number of ether oxygens (including phenoxy) is 1. The molecule has 2 aromatic rings. The molecule has 1 aliphatic carbocycles. The van der Waals surface area contributed by atoms with Gasteiger partial charge in [0.25, 0.3) is 0 Å². The Bertz CT molecular complexity index is 552. The third kappa shape index (κ3) is 2.86. The molecule has 0 saturated heterocycles. The molecular formula is C18H21NO. The van der Waals surface area contributed by atoms with Gasteiger partial charge in [0, 0.05) is 6.04 Å². The summed E-state index contributed by atoms with van der Waals surface area (Å²) in [4.78, 5) is 0. The van der Waals surface area contributed by atoms with Crippen molar-refractivity contribution >= 4 is 0 Å². The lowest BCUT2D eigenvalue weighted by Crippen LogP contribution is -2.28. The first-order valence-electron chi connectivity index (χ1n) is 7.36. The maximum atomic E-state index is 6.41. The lowest BCUT2D eigenvalue weighted by atomic mass is 9.79. The van der Waals surface area contributed by atoms with Gasteiger partial charge in [0.2, 0.25) is 0 Å². The fraction of sp³-hybridized carbons (Fsp3) is 0.333. The van der Waals surface area contributed by atoms with E-state index in [1.165, 1.54) is 11.1 Å². The van der Waals surface area contributed by atoms with Gasteiger partial charge in [0.1, 0.15) is 5.75 Å². The molecule has 1 aliphatic rings. The van der Waals surface area contributed by atoms with Crippen LogP contribution in [-0.2, 0) is 6.42 Å². The van der Waals surface area contributed by atoms with Gasteiger partial charge in [0.15, 0.2) is 0 Å². The fourth-order valence-electron chi connectivity index (χ4n) is 3.03. The minimum atomic E-state index is 0.152. The van der Waals surface area contributed by atoms with Gasteiger partial charge in [-0.2, -0.15) is 0 Å². The summed E-state index contributed by atoms with van der Waals surface area (Å²) in [5, 5.41) is 0. The standard InChI is InChI=1S/C18H21NO/c19-18-15(11-10-14-6-4-5-9-17(14)18)12-13-20-16-7-2-1-3-8-16/h1-9,15,18H,10-13,19H2. The fourth-order valence-corrected chi connectivity index (χ4v) is 3.03. The van der Waals surface area contributed by atoms with Gasteiger partial charge in [-0.25, -0.2) is 0 Å². The SMILES string of the molecule is NC1c2ccccc2CCC1CCOc1ccccc1. The number of aryl methyl sites for hydroxylation is 1. The molecule has 2 N–H and O–H groups in total. The number of rotatable bonds is 4. The van der Waals surface area contributed by atoms with Crippen LogP contribution >= 0.6 is 0 Å². The van der Waals surface area contributed by atoms with Crippen molar-refractivity contribution < 1.29 is 4.74 Å². The van der Waals surface area contributed by atoms with Crippen LogP contribution in [0.3, 0.4) is 0 Å². The molecule has 2 unspecified atom stereocenters. The van der Waals surface area contributed by atoms with Gasteiger partial charge in [-0.15, -0.1) is 0 Å². The number of para-hydroxylation sites is 1. The summed E-state index contributed by atoms with van der Waals surface area (Å²) in [6.45, 7) is 0.741. The first-order valence-corrected chi connectivity index (χ1v) is 7.36. The molecule has 2 heteroatoms. The van der Waals surface area contributed by atoms with E-state index in [2.05, 4.69) is 24.3 Å². The number of fused-ring (bicyclic) bond motifs is 1. The highest BCUT2D eigenvalue weighted by atomic mass is 16.5. The molecule has 2 aromatic carbocycles. The number of nitrogens with two attached hydrogens (primary N) is 1. The third-order valence-corrected chi connectivity index (χ3v) is 4.21. The average molecular weight is 267 g/mol. The zero-order valence-electron chi connectivity index (χ0n) is 11.7. The molecule has 0 bridgehead atoms. The Morgan fingerprint density at radius 2 is 1.75 bits per heavy atom. The average Bonchev–Trinajstić information content (AvgIpc) is 2.51. The van der Waals surface area contributed by atoms with Crippen LogP contribution in [-0.4, -0.2) is 6.61 Å². The first kappa shape index (κ1) is 13.2. The van der Waals surface area contributed by atoms with E-state index >= 15 is 0 Å². The normalized spacial score (nSPS) is 21.2. The van der Waals surface area contributed by atoms with Gasteiger partial charge >= 0.3 is 0 Å². The van der Waals surface area contributed by atoms with Crippen molar-refractivity contribution in [2.45, 2.75) is 25.3 Å². The first-order chi connectivity index (χ1) is 9.84. The van der Waals surface area contributed by atoms with Crippen LogP contribution in [0.4, 0.5) is 0 Å². The summed E-state index contributed by atoms with van der Waals surface area (Å²) < 4.78 is 5.79. The highest BCUT2D eigenvalue weighted by Crippen LogP contribution is 2.34. The largest absolute Gasteiger partial charge is 0.494 e. The summed E-state index contributed by atoms with van der Waals surface area (Å²) in [5.41, 5.74) is 9.15. The van der Waals surface area contributed by atoms with Crippen LogP contribution in [0.1, 0.15) is 30.0 Å². The summed E-state index contributed by atoms with van der Waals surface area (Å²) >= 11 is 0. The molecule has 0 aromatic heterocycles. The van der Waals surface area contributed by atoms with Crippen LogP contribution in [0.5, 0.6) is 5.75 Å². The van der Waals surface area contributed by atoms with E-state index in [0.717, 1.165) is 31.6 Å². The summed E-state index contributed by atoms with van der Waals surface area (Å²) in [6.07, 6.45) is 3.32. The van der Waals surface area contributed by atoms with Gasteiger partial charge in [-0.1, -0.05) is 42.5 Å². The van der Waals surface area contributed by atoms with E-state index in [9.17, 15) is 0 Å². The summed E-state index contributed by atoms with van der Waals surface area (Å²) in [5.74, 6) is 1.46. The lowest BCUT2D eigenvalue weighted by Gasteiger charge is -2.31. The van der Waals surface area contributed by atoms with Crippen molar-refractivity contribution in [3.8, 4) is 5.75 Å². The molecule has 0 spiro atoms. The molecule has 20 heavy (non-hydrogen) atoms. The molecule has 0 radical (unpaired) electrons. The molecule has 0 fully saturated rings. The van der Waals surface area contributed by atoms with E-state index in [0.29, 0.717) is 5.92 Å². The Morgan fingerprint density at radius 1 is 1.00 bits per heavy atom. The maximum absolute atomic E-state index is 6.41. The second kappa shape index (κ2) is 6.10. The Morgan fingerprint density at radius 3 is 2.60 bits per heavy atom. The van der Waals surface area contributed by atoms with Crippen molar-refractivity contribution in [2.75, 3.05) is 6.61 Å². The molecule has 0 aliphatic heterocycles. The molecule has 2 nitrogen and oxygen atoms in total. The van der Waals surface area contributed by atoms with E-state index in [4.69, 9.17) is 10.5 Å². The van der Waals surface area contributed by atoms with Crippen LogP contribution in [0.2, 0.25) is 0 Å². The van der Waals surface area contributed by atoms with Crippen LogP contribution in [0.15, 0.2) is 54.6 Å². The summed E-state index contributed by atoms with van der Waals surface area (Å²) in [6, 6.07) is 18.7.